The van der Waals surface area contributed by atoms with Gasteiger partial charge in [0.2, 0.25) is 5.13 Å². The fourth-order valence-corrected chi connectivity index (χ4v) is 1.58. The minimum Gasteiger partial charge on any atom is -0.294 e. The number of hydrogen-bond donors (Lipinski definition) is 1. The highest BCUT2D eigenvalue weighted by molar-refractivity contribution is 9.10. The van der Waals surface area contributed by atoms with Crippen LogP contribution in [0.1, 0.15) is 10.5 Å². The van der Waals surface area contributed by atoms with Crippen LogP contribution in [-0.2, 0) is 0 Å². The molecule has 2 rings (SSSR count). The number of aromatic nitrogens is 4. The van der Waals surface area contributed by atoms with Crippen molar-refractivity contribution >= 4 is 38.5 Å². The molecule has 0 unspecified atom stereocenters. The minimum absolute atomic E-state index is 0.305. The maximum Gasteiger partial charge on any atom is 0.276 e. The Bertz CT molecular complexity index is 474. The van der Waals surface area contributed by atoms with Crippen molar-refractivity contribution in [3.8, 4) is 0 Å². The summed E-state index contributed by atoms with van der Waals surface area (Å²) in [5.74, 6) is -0.338. The Hall–Kier alpha value is -1.41. The van der Waals surface area contributed by atoms with E-state index in [0.717, 1.165) is 11.5 Å². The van der Waals surface area contributed by atoms with Gasteiger partial charge in [-0.2, -0.15) is 0 Å². The van der Waals surface area contributed by atoms with Crippen LogP contribution in [0.25, 0.3) is 0 Å². The topological polar surface area (TPSA) is 80.7 Å². The van der Waals surface area contributed by atoms with E-state index in [2.05, 4.69) is 41.0 Å². The predicted molar refractivity (Wildman–Crippen MR) is 57.6 cm³/mol. The van der Waals surface area contributed by atoms with Crippen LogP contribution in [0.15, 0.2) is 22.8 Å². The normalized spacial score (nSPS) is 9.93. The SMILES string of the molecule is O=C(Nc1nnns1)c1cccc(Br)n1. The first-order valence-corrected chi connectivity index (χ1v) is 5.41. The van der Waals surface area contributed by atoms with E-state index < -0.39 is 0 Å². The highest BCUT2D eigenvalue weighted by Crippen LogP contribution is 2.09. The lowest BCUT2D eigenvalue weighted by Gasteiger charge is -1.99. The molecule has 0 saturated heterocycles. The molecule has 0 aromatic carbocycles. The van der Waals surface area contributed by atoms with E-state index in [4.69, 9.17) is 0 Å². The highest BCUT2D eigenvalue weighted by atomic mass is 79.9. The molecule has 6 nitrogen and oxygen atoms in total. The molecule has 0 spiro atoms. The number of pyridine rings is 1. The van der Waals surface area contributed by atoms with Gasteiger partial charge >= 0.3 is 0 Å². The molecule has 2 aromatic rings. The Morgan fingerprint density at radius 1 is 1.47 bits per heavy atom. The molecule has 1 amide bonds. The lowest BCUT2D eigenvalue weighted by Crippen LogP contribution is -2.13. The molecule has 1 N–H and O–H groups in total. The summed E-state index contributed by atoms with van der Waals surface area (Å²) in [5.41, 5.74) is 0.305. The van der Waals surface area contributed by atoms with Crippen LogP contribution >= 0.6 is 27.5 Å². The molecular weight excluding hydrogens is 282 g/mol. The molecule has 2 heterocycles. The molecule has 0 aliphatic rings. The lowest BCUT2D eigenvalue weighted by molar-refractivity contribution is 0.102. The van der Waals surface area contributed by atoms with Gasteiger partial charge in [0.1, 0.15) is 10.3 Å². The van der Waals surface area contributed by atoms with Crippen molar-refractivity contribution in [3.63, 3.8) is 0 Å². The first-order chi connectivity index (χ1) is 7.25. The van der Waals surface area contributed by atoms with Crippen molar-refractivity contribution in [2.24, 2.45) is 0 Å². The first-order valence-electron chi connectivity index (χ1n) is 3.84. The number of hydrogen-bond acceptors (Lipinski definition) is 6. The zero-order valence-electron chi connectivity index (χ0n) is 7.22. The van der Waals surface area contributed by atoms with Gasteiger partial charge in [0.15, 0.2) is 0 Å². The second-order valence-corrected chi connectivity index (χ2v) is 4.01. The number of rotatable bonds is 2. The number of anilines is 1. The van der Waals surface area contributed by atoms with Crippen LogP contribution in [0, 0.1) is 0 Å². The van der Waals surface area contributed by atoms with Crippen molar-refractivity contribution in [3.05, 3.63) is 28.5 Å². The van der Waals surface area contributed by atoms with Gasteiger partial charge < -0.3 is 0 Å². The summed E-state index contributed by atoms with van der Waals surface area (Å²) >= 11 is 4.19. The molecule has 0 aliphatic carbocycles. The summed E-state index contributed by atoms with van der Waals surface area (Å²) in [6, 6.07) is 5.07. The van der Waals surface area contributed by atoms with Gasteiger partial charge in [0.25, 0.3) is 5.91 Å². The summed E-state index contributed by atoms with van der Waals surface area (Å²) in [7, 11) is 0. The Kier molecular flexibility index (Phi) is 2.97. The second-order valence-electron chi connectivity index (χ2n) is 2.47. The van der Waals surface area contributed by atoms with Crippen molar-refractivity contribution in [1.29, 1.82) is 0 Å². The number of amides is 1. The fourth-order valence-electron chi connectivity index (χ4n) is 0.878. The molecule has 0 atom stereocenters. The van der Waals surface area contributed by atoms with Crippen molar-refractivity contribution < 1.29 is 4.79 Å². The van der Waals surface area contributed by atoms with Crippen molar-refractivity contribution in [2.75, 3.05) is 5.32 Å². The smallest absolute Gasteiger partial charge is 0.276 e. The zero-order valence-corrected chi connectivity index (χ0v) is 9.62. The maximum absolute atomic E-state index is 11.6. The molecular formula is C7H4BrN5OS. The largest absolute Gasteiger partial charge is 0.294 e. The van der Waals surface area contributed by atoms with Crippen LogP contribution in [-0.4, -0.2) is 25.7 Å². The van der Waals surface area contributed by atoms with Gasteiger partial charge in [-0.25, -0.2) is 4.98 Å². The zero-order chi connectivity index (χ0) is 10.7. The Balaban J connectivity index is 2.15. The van der Waals surface area contributed by atoms with Gasteiger partial charge in [-0.1, -0.05) is 15.7 Å². The standard InChI is InChI=1S/C7H4BrN5OS/c8-5-3-1-2-4(9-5)6(14)10-7-11-12-13-15-7/h1-3H,(H,10,11,13,14). The number of carbonyl (C=O) groups excluding carboxylic acids is 1. The highest BCUT2D eigenvalue weighted by Gasteiger charge is 2.09. The second kappa shape index (κ2) is 4.41. The molecule has 0 bridgehead atoms. The van der Waals surface area contributed by atoms with Crippen molar-refractivity contribution in [1.82, 2.24) is 19.8 Å². The summed E-state index contributed by atoms with van der Waals surface area (Å²) in [6.07, 6.45) is 0. The first kappa shape index (κ1) is 10.1. The van der Waals surface area contributed by atoms with Crippen LogP contribution in [0.5, 0.6) is 0 Å². The molecule has 0 saturated carbocycles. The van der Waals surface area contributed by atoms with Crippen LogP contribution in [0.2, 0.25) is 0 Å². The Morgan fingerprint density at radius 2 is 2.33 bits per heavy atom. The Labute approximate surface area is 97.0 Å². The molecule has 0 aliphatic heterocycles. The van der Waals surface area contributed by atoms with E-state index in [9.17, 15) is 4.79 Å². The quantitative estimate of drug-likeness (QED) is 0.843. The van der Waals surface area contributed by atoms with Gasteiger partial charge in [-0.05, 0) is 33.3 Å². The Morgan fingerprint density at radius 3 is 3.00 bits per heavy atom. The molecule has 0 fully saturated rings. The van der Waals surface area contributed by atoms with Crippen LogP contribution < -0.4 is 5.32 Å². The van der Waals surface area contributed by atoms with E-state index >= 15 is 0 Å². The average molecular weight is 286 g/mol. The van der Waals surface area contributed by atoms with Gasteiger partial charge in [0.05, 0.1) is 0 Å². The third kappa shape index (κ3) is 2.54. The van der Waals surface area contributed by atoms with Crippen molar-refractivity contribution in [2.45, 2.75) is 0 Å². The number of carbonyl (C=O) groups is 1. The summed E-state index contributed by atoms with van der Waals surface area (Å²) in [5, 5.41) is 9.83. The minimum atomic E-state index is -0.338. The molecule has 76 valence electrons. The third-order valence-electron chi connectivity index (χ3n) is 1.47. The van der Waals surface area contributed by atoms with Gasteiger partial charge in [0, 0.05) is 11.5 Å². The maximum atomic E-state index is 11.6. The van der Waals surface area contributed by atoms with E-state index in [1.165, 1.54) is 0 Å². The summed E-state index contributed by atoms with van der Waals surface area (Å²) in [6.45, 7) is 0. The molecule has 0 radical (unpaired) electrons. The fraction of sp³-hybridized carbons (Fsp3) is 0. The van der Waals surface area contributed by atoms with Gasteiger partial charge in [-0.15, -0.1) is 0 Å². The number of halogens is 1. The van der Waals surface area contributed by atoms with E-state index in [0.29, 0.717) is 15.4 Å². The van der Waals surface area contributed by atoms with E-state index in [-0.39, 0.29) is 5.91 Å². The monoisotopic (exact) mass is 285 g/mol. The lowest BCUT2D eigenvalue weighted by atomic mass is 10.3. The van der Waals surface area contributed by atoms with E-state index in [1.807, 2.05) is 0 Å². The summed E-state index contributed by atoms with van der Waals surface area (Å²) < 4.78 is 4.12. The molecule has 15 heavy (non-hydrogen) atoms. The predicted octanol–water partition coefficient (Wildman–Crippen LogP) is 1.34. The third-order valence-corrected chi connectivity index (χ3v) is 2.42. The molecule has 2 aromatic heterocycles. The average Bonchev–Trinajstić information content (AvgIpc) is 2.70. The van der Waals surface area contributed by atoms with Gasteiger partial charge in [-0.3, -0.25) is 10.1 Å². The van der Waals surface area contributed by atoms with Crippen LogP contribution in [0.4, 0.5) is 5.13 Å². The number of nitrogens with one attached hydrogen (secondary N) is 1. The number of nitrogens with zero attached hydrogens (tertiary/aromatic N) is 4. The van der Waals surface area contributed by atoms with Crippen LogP contribution in [0.3, 0.4) is 0 Å². The molecule has 8 heteroatoms. The summed E-state index contributed by atoms with van der Waals surface area (Å²) in [4.78, 5) is 15.6. The van der Waals surface area contributed by atoms with E-state index in [1.54, 1.807) is 18.2 Å².